The lowest BCUT2D eigenvalue weighted by molar-refractivity contribution is -0.136. The van der Waals surface area contributed by atoms with Crippen LogP contribution in [-0.2, 0) is 17.9 Å². The second kappa shape index (κ2) is 9.43. The van der Waals surface area contributed by atoms with E-state index in [2.05, 4.69) is 20.0 Å². The molecule has 0 N–H and O–H groups in total. The van der Waals surface area contributed by atoms with E-state index in [0.29, 0.717) is 6.54 Å². The molecular formula is C20H25F2N3O2S. The largest absolute Gasteiger partial charge is 0.435 e. The van der Waals surface area contributed by atoms with Gasteiger partial charge in [-0.2, -0.15) is 8.78 Å². The number of carbonyl (C=O) groups is 1. The number of thiazole rings is 1. The van der Waals surface area contributed by atoms with Gasteiger partial charge in [-0.25, -0.2) is 4.98 Å². The number of hydrogen-bond acceptors (Lipinski definition) is 5. The van der Waals surface area contributed by atoms with Crippen LogP contribution in [0.25, 0.3) is 0 Å². The number of hydrogen-bond donors (Lipinski definition) is 0. The maximum Gasteiger partial charge on any atom is 0.387 e. The molecule has 1 amide bonds. The number of aromatic nitrogens is 1. The van der Waals surface area contributed by atoms with E-state index in [1.165, 1.54) is 6.07 Å². The van der Waals surface area contributed by atoms with Crippen LogP contribution in [0.4, 0.5) is 8.78 Å². The van der Waals surface area contributed by atoms with Crippen LogP contribution in [0.5, 0.6) is 5.75 Å². The second-order valence-corrected chi connectivity index (χ2v) is 8.19. The summed E-state index contributed by atoms with van der Waals surface area (Å²) in [5.74, 6) is 0.210. The minimum absolute atomic E-state index is 0.00100. The van der Waals surface area contributed by atoms with E-state index in [1.54, 1.807) is 41.5 Å². The van der Waals surface area contributed by atoms with Crippen LogP contribution in [0.15, 0.2) is 29.6 Å². The molecule has 1 aliphatic heterocycles. The molecule has 5 nitrogen and oxygen atoms in total. The smallest absolute Gasteiger partial charge is 0.387 e. The third-order valence-corrected chi connectivity index (χ3v) is 5.73. The van der Waals surface area contributed by atoms with E-state index in [0.717, 1.165) is 48.7 Å². The van der Waals surface area contributed by atoms with Gasteiger partial charge in [-0.15, -0.1) is 11.3 Å². The van der Waals surface area contributed by atoms with Crippen molar-refractivity contribution in [3.05, 3.63) is 45.9 Å². The molecule has 1 fully saturated rings. The van der Waals surface area contributed by atoms with Gasteiger partial charge in [0.05, 0.1) is 10.7 Å². The third-order valence-electron chi connectivity index (χ3n) is 4.91. The zero-order valence-corrected chi connectivity index (χ0v) is 16.9. The SMILES string of the molecule is Cc1nc(CN2CCC(C(=O)N(C)Cc3cccc(OC(F)F)c3)CC2)cs1. The minimum atomic E-state index is -2.85. The highest BCUT2D eigenvalue weighted by Gasteiger charge is 2.27. The first-order valence-electron chi connectivity index (χ1n) is 9.33. The molecule has 0 radical (unpaired) electrons. The number of rotatable bonds is 7. The molecule has 0 bridgehead atoms. The first-order chi connectivity index (χ1) is 13.4. The molecule has 152 valence electrons. The Morgan fingerprint density at radius 3 is 2.79 bits per heavy atom. The van der Waals surface area contributed by atoms with Gasteiger partial charge in [0.15, 0.2) is 0 Å². The van der Waals surface area contributed by atoms with Crippen molar-refractivity contribution in [1.29, 1.82) is 0 Å². The number of alkyl halides is 2. The molecule has 1 saturated heterocycles. The summed E-state index contributed by atoms with van der Waals surface area (Å²) < 4.78 is 29.2. The van der Waals surface area contributed by atoms with E-state index >= 15 is 0 Å². The Kier molecular flexibility index (Phi) is 6.96. The summed E-state index contributed by atoms with van der Waals surface area (Å²) in [6.45, 7) is 2.10. The lowest BCUT2D eigenvalue weighted by atomic mass is 9.95. The van der Waals surface area contributed by atoms with Gasteiger partial charge in [-0.3, -0.25) is 9.69 Å². The van der Waals surface area contributed by atoms with Crippen molar-refractivity contribution < 1.29 is 18.3 Å². The Balaban J connectivity index is 1.49. The lowest BCUT2D eigenvalue weighted by Gasteiger charge is -2.32. The zero-order chi connectivity index (χ0) is 20.1. The quantitative estimate of drug-likeness (QED) is 0.695. The number of aryl methyl sites for hydroxylation is 1. The minimum Gasteiger partial charge on any atom is -0.435 e. The summed E-state index contributed by atoms with van der Waals surface area (Å²) in [4.78, 5) is 21.3. The monoisotopic (exact) mass is 409 g/mol. The number of amides is 1. The highest BCUT2D eigenvalue weighted by atomic mass is 32.1. The molecular weight excluding hydrogens is 384 g/mol. The summed E-state index contributed by atoms with van der Waals surface area (Å²) in [6.07, 6.45) is 1.64. The fourth-order valence-corrected chi connectivity index (χ4v) is 4.14. The van der Waals surface area contributed by atoms with Gasteiger partial charge in [-0.05, 0) is 50.6 Å². The number of likely N-dealkylation sites (tertiary alicyclic amines) is 1. The molecule has 1 aromatic heterocycles. The van der Waals surface area contributed by atoms with Crippen LogP contribution >= 0.6 is 11.3 Å². The van der Waals surface area contributed by atoms with Crippen molar-refractivity contribution in [2.24, 2.45) is 5.92 Å². The van der Waals surface area contributed by atoms with Crippen molar-refractivity contribution in [3.8, 4) is 5.75 Å². The highest BCUT2D eigenvalue weighted by Crippen LogP contribution is 2.23. The van der Waals surface area contributed by atoms with Crippen LogP contribution < -0.4 is 4.74 Å². The van der Waals surface area contributed by atoms with E-state index in [9.17, 15) is 13.6 Å². The first kappa shape index (κ1) is 20.7. The van der Waals surface area contributed by atoms with Crippen molar-refractivity contribution in [1.82, 2.24) is 14.8 Å². The molecule has 1 aromatic carbocycles. The maximum absolute atomic E-state index is 12.8. The average Bonchev–Trinajstić information content (AvgIpc) is 3.06. The Morgan fingerprint density at radius 2 is 2.14 bits per heavy atom. The average molecular weight is 410 g/mol. The Hall–Kier alpha value is -2.06. The van der Waals surface area contributed by atoms with E-state index in [-0.39, 0.29) is 17.6 Å². The Morgan fingerprint density at radius 1 is 1.39 bits per heavy atom. The van der Waals surface area contributed by atoms with Crippen LogP contribution in [0.1, 0.15) is 29.1 Å². The summed E-state index contributed by atoms with van der Waals surface area (Å²) in [6, 6.07) is 6.50. The summed E-state index contributed by atoms with van der Waals surface area (Å²) in [5, 5.41) is 3.16. The number of ether oxygens (including phenoxy) is 1. The van der Waals surface area contributed by atoms with Crippen molar-refractivity contribution in [2.45, 2.75) is 39.5 Å². The molecule has 2 heterocycles. The summed E-state index contributed by atoms with van der Waals surface area (Å²) in [7, 11) is 1.76. The molecule has 0 unspecified atom stereocenters. The predicted molar refractivity (Wildman–Crippen MR) is 104 cm³/mol. The van der Waals surface area contributed by atoms with Gasteiger partial charge in [0, 0.05) is 31.4 Å². The first-order valence-corrected chi connectivity index (χ1v) is 10.2. The van der Waals surface area contributed by atoms with Crippen molar-refractivity contribution in [2.75, 3.05) is 20.1 Å². The molecule has 0 atom stereocenters. The predicted octanol–water partition coefficient (Wildman–Crippen LogP) is 3.92. The fraction of sp³-hybridized carbons (Fsp3) is 0.500. The highest BCUT2D eigenvalue weighted by molar-refractivity contribution is 7.09. The lowest BCUT2D eigenvalue weighted by Crippen LogP contribution is -2.40. The molecule has 0 spiro atoms. The van der Waals surface area contributed by atoms with Gasteiger partial charge < -0.3 is 9.64 Å². The van der Waals surface area contributed by atoms with Crippen molar-refractivity contribution >= 4 is 17.2 Å². The Labute approximate surface area is 167 Å². The number of piperidine rings is 1. The summed E-state index contributed by atoms with van der Waals surface area (Å²) >= 11 is 1.66. The van der Waals surface area contributed by atoms with Gasteiger partial charge in [0.2, 0.25) is 5.91 Å². The molecule has 28 heavy (non-hydrogen) atoms. The summed E-state index contributed by atoms with van der Waals surface area (Å²) in [5.41, 5.74) is 1.86. The molecule has 1 aliphatic rings. The van der Waals surface area contributed by atoms with Crippen LogP contribution in [0.3, 0.4) is 0 Å². The molecule has 0 saturated carbocycles. The number of carbonyl (C=O) groups excluding carboxylic acids is 1. The van der Waals surface area contributed by atoms with Crippen LogP contribution in [0.2, 0.25) is 0 Å². The zero-order valence-electron chi connectivity index (χ0n) is 16.1. The number of halogens is 2. The van der Waals surface area contributed by atoms with Gasteiger partial charge >= 0.3 is 6.61 Å². The van der Waals surface area contributed by atoms with Gasteiger partial charge in [0.1, 0.15) is 5.75 Å². The second-order valence-electron chi connectivity index (χ2n) is 7.13. The molecule has 0 aliphatic carbocycles. The molecule has 3 rings (SSSR count). The number of nitrogens with zero attached hydrogens (tertiary/aromatic N) is 3. The molecule has 8 heteroatoms. The van der Waals surface area contributed by atoms with Crippen molar-refractivity contribution in [3.63, 3.8) is 0 Å². The van der Waals surface area contributed by atoms with Crippen LogP contribution in [-0.4, -0.2) is 47.4 Å². The van der Waals surface area contributed by atoms with Gasteiger partial charge in [0.25, 0.3) is 0 Å². The van der Waals surface area contributed by atoms with Gasteiger partial charge in [-0.1, -0.05) is 12.1 Å². The fourth-order valence-electron chi connectivity index (χ4n) is 3.53. The third kappa shape index (κ3) is 5.72. The van der Waals surface area contributed by atoms with Crippen LogP contribution in [0, 0.1) is 12.8 Å². The normalized spacial score (nSPS) is 15.8. The van der Waals surface area contributed by atoms with E-state index < -0.39 is 6.61 Å². The topological polar surface area (TPSA) is 45.7 Å². The standard InChI is InChI=1S/C20H25F2N3O2S/c1-14-23-17(13-28-14)12-25-8-6-16(7-9-25)19(26)24(2)11-15-4-3-5-18(10-15)27-20(21)22/h3-5,10,13,16,20H,6-9,11-12H2,1-2H3. The van der Waals surface area contributed by atoms with E-state index in [1.807, 2.05) is 6.92 Å². The number of benzene rings is 1. The Bertz CT molecular complexity index is 791. The maximum atomic E-state index is 12.8. The van der Waals surface area contributed by atoms with E-state index in [4.69, 9.17) is 0 Å². The molecule has 2 aromatic rings.